The van der Waals surface area contributed by atoms with Crippen molar-refractivity contribution in [3.05, 3.63) is 47.3 Å². The normalized spacial score (nSPS) is 10.8. The van der Waals surface area contributed by atoms with Crippen LogP contribution in [0, 0.1) is 0 Å². The molecule has 0 atom stereocenters. The average molecular weight is 451 g/mol. The standard InChI is InChI=1S/C15H19ClN4O2.HI/c1-17-15(18-11-13-6-8-22-19-13)20(2)7-9-21-14-5-3-4-12(16)10-14;/h3-6,8,10H,7,9,11H2,1-2H3,(H,17,18);1H. The van der Waals surface area contributed by atoms with Gasteiger partial charge in [-0.2, -0.15) is 0 Å². The number of halogens is 2. The van der Waals surface area contributed by atoms with Crippen molar-refractivity contribution in [2.24, 2.45) is 4.99 Å². The van der Waals surface area contributed by atoms with E-state index in [1.54, 1.807) is 19.4 Å². The molecule has 2 aromatic rings. The van der Waals surface area contributed by atoms with Gasteiger partial charge in [-0.1, -0.05) is 22.8 Å². The van der Waals surface area contributed by atoms with E-state index in [0.717, 1.165) is 17.4 Å². The molecule has 8 heteroatoms. The van der Waals surface area contributed by atoms with E-state index in [4.69, 9.17) is 20.9 Å². The highest BCUT2D eigenvalue weighted by molar-refractivity contribution is 14.0. The van der Waals surface area contributed by atoms with Crippen molar-refractivity contribution in [1.29, 1.82) is 0 Å². The second kappa shape index (κ2) is 10.3. The Morgan fingerprint density at radius 3 is 2.91 bits per heavy atom. The molecule has 0 saturated carbocycles. The second-order valence-electron chi connectivity index (χ2n) is 4.62. The van der Waals surface area contributed by atoms with Crippen LogP contribution in [0.3, 0.4) is 0 Å². The molecular weight excluding hydrogens is 431 g/mol. The Balaban J connectivity index is 0.00000264. The van der Waals surface area contributed by atoms with Gasteiger partial charge in [0.05, 0.1) is 13.1 Å². The molecule has 1 aromatic carbocycles. The van der Waals surface area contributed by atoms with Gasteiger partial charge in [-0.05, 0) is 18.2 Å². The number of nitrogens with zero attached hydrogens (tertiary/aromatic N) is 3. The Morgan fingerprint density at radius 2 is 2.26 bits per heavy atom. The van der Waals surface area contributed by atoms with E-state index in [0.29, 0.717) is 24.7 Å². The van der Waals surface area contributed by atoms with E-state index in [1.807, 2.05) is 36.2 Å². The number of aromatic nitrogens is 1. The molecule has 0 radical (unpaired) electrons. The lowest BCUT2D eigenvalue weighted by Crippen LogP contribution is -2.40. The van der Waals surface area contributed by atoms with Gasteiger partial charge < -0.3 is 19.5 Å². The van der Waals surface area contributed by atoms with E-state index in [2.05, 4.69) is 15.5 Å². The number of nitrogens with one attached hydrogen (secondary N) is 1. The molecule has 1 aromatic heterocycles. The maximum absolute atomic E-state index is 5.92. The molecule has 0 bridgehead atoms. The summed E-state index contributed by atoms with van der Waals surface area (Å²) >= 11 is 5.92. The summed E-state index contributed by atoms with van der Waals surface area (Å²) in [6.45, 7) is 1.77. The first-order valence-electron chi connectivity index (χ1n) is 6.88. The fraction of sp³-hybridized carbons (Fsp3) is 0.333. The Labute approximate surface area is 157 Å². The minimum Gasteiger partial charge on any atom is -0.492 e. The second-order valence-corrected chi connectivity index (χ2v) is 5.06. The summed E-state index contributed by atoms with van der Waals surface area (Å²) < 4.78 is 10.5. The molecule has 0 spiro atoms. The number of hydrogen-bond donors (Lipinski definition) is 1. The zero-order valence-electron chi connectivity index (χ0n) is 13.0. The molecule has 126 valence electrons. The quantitative estimate of drug-likeness (QED) is 0.416. The third kappa shape index (κ3) is 6.66. The Kier molecular flexibility index (Phi) is 8.78. The van der Waals surface area contributed by atoms with Crippen molar-refractivity contribution in [3.8, 4) is 5.75 Å². The Morgan fingerprint density at radius 1 is 1.43 bits per heavy atom. The summed E-state index contributed by atoms with van der Waals surface area (Å²) in [5.74, 6) is 1.52. The topological polar surface area (TPSA) is 62.9 Å². The number of rotatable bonds is 6. The third-order valence-corrected chi connectivity index (χ3v) is 3.22. The molecule has 0 aliphatic heterocycles. The minimum atomic E-state index is 0. The molecular formula is C15H20ClIN4O2. The average Bonchev–Trinajstić information content (AvgIpc) is 3.01. The summed E-state index contributed by atoms with van der Waals surface area (Å²) in [4.78, 5) is 6.20. The van der Waals surface area contributed by atoms with Gasteiger partial charge in [0.15, 0.2) is 5.96 Å². The van der Waals surface area contributed by atoms with Gasteiger partial charge in [0, 0.05) is 25.2 Å². The molecule has 0 aliphatic carbocycles. The molecule has 0 unspecified atom stereocenters. The zero-order chi connectivity index (χ0) is 15.8. The minimum absolute atomic E-state index is 0. The fourth-order valence-corrected chi connectivity index (χ4v) is 2.03. The van der Waals surface area contributed by atoms with Crippen molar-refractivity contribution in [3.63, 3.8) is 0 Å². The third-order valence-electron chi connectivity index (χ3n) is 2.98. The highest BCUT2D eigenvalue weighted by Gasteiger charge is 2.07. The van der Waals surface area contributed by atoms with Crippen molar-refractivity contribution in [2.45, 2.75) is 6.54 Å². The largest absolute Gasteiger partial charge is 0.492 e. The fourth-order valence-electron chi connectivity index (χ4n) is 1.85. The first-order chi connectivity index (χ1) is 10.7. The van der Waals surface area contributed by atoms with Crippen LogP contribution >= 0.6 is 35.6 Å². The van der Waals surface area contributed by atoms with Gasteiger partial charge in [0.25, 0.3) is 0 Å². The number of benzene rings is 1. The number of hydrogen-bond acceptors (Lipinski definition) is 4. The Bertz CT molecular complexity index is 607. The molecule has 23 heavy (non-hydrogen) atoms. The van der Waals surface area contributed by atoms with Crippen LogP contribution in [0.25, 0.3) is 0 Å². The first kappa shape index (κ1) is 19.6. The van der Waals surface area contributed by atoms with E-state index in [-0.39, 0.29) is 24.0 Å². The van der Waals surface area contributed by atoms with Gasteiger partial charge in [-0.15, -0.1) is 24.0 Å². The van der Waals surface area contributed by atoms with E-state index in [1.165, 1.54) is 0 Å². The van der Waals surface area contributed by atoms with Gasteiger partial charge in [-0.3, -0.25) is 4.99 Å². The van der Waals surface area contributed by atoms with Crippen molar-refractivity contribution in [1.82, 2.24) is 15.4 Å². The van der Waals surface area contributed by atoms with Crippen molar-refractivity contribution in [2.75, 3.05) is 27.2 Å². The van der Waals surface area contributed by atoms with Crippen LogP contribution in [0.2, 0.25) is 5.02 Å². The van der Waals surface area contributed by atoms with Crippen LogP contribution in [-0.4, -0.2) is 43.3 Å². The SMILES string of the molecule is CN=C(NCc1ccon1)N(C)CCOc1cccc(Cl)c1.I. The molecule has 0 saturated heterocycles. The molecule has 0 amide bonds. The monoisotopic (exact) mass is 450 g/mol. The van der Waals surface area contributed by atoms with Crippen LogP contribution in [0.15, 0.2) is 46.1 Å². The van der Waals surface area contributed by atoms with Gasteiger partial charge >= 0.3 is 0 Å². The van der Waals surface area contributed by atoms with Crippen molar-refractivity contribution >= 4 is 41.5 Å². The predicted molar refractivity (Wildman–Crippen MR) is 102 cm³/mol. The predicted octanol–water partition coefficient (Wildman–Crippen LogP) is 3.03. The number of aliphatic imine (C=N–C) groups is 1. The van der Waals surface area contributed by atoms with Gasteiger partial charge in [0.1, 0.15) is 24.3 Å². The Hall–Kier alpha value is -1.48. The van der Waals surface area contributed by atoms with Crippen LogP contribution in [-0.2, 0) is 6.54 Å². The zero-order valence-corrected chi connectivity index (χ0v) is 16.1. The van der Waals surface area contributed by atoms with E-state index >= 15 is 0 Å². The maximum Gasteiger partial charge on any atom is 0.193 e. The number of likely N-dealkylation sites (N-methyl/N-ethyl adjacent to an activating group) is 1. The van der Waals surface area contributed by atoms with Crippen LogP contribution < -0.4 is 10.1 Å². The number of ether oxygens (including phenoxy) is 1. The summed E-state index contributed by atoms with van der Waals surface area (Å²) in [6.07, 6.45) is 1.54. The highest BCUT2D eigenvalue weighted by Crippen LogP contribution is 2.16. The summed E-state index contributed by atoms with van der Waals surface area (Å²) in [5, 5.41) is 7.71. The lowest BCUT2D eigenvalue weighted by atomic mass is 10.3. The van der Waals surface area contributed by atoms with Gasteiger partial charge in [-0.25, -0.2) is 0 Å². The lowest BCUT2D eigenvalue weighted by molar-refractivity contribution is 0.281. The summed E-state index contributed by atoms with van der Waals surface area (Å²) in [5.41, 5.74) is 0.824. The van der Waals surface area contributed by atoms with Crippen LogP contribution in [0.1, 0.15) is 5.69 Å². The highest BCUT2D eigenvalue weighted by atomic mass is 127. The molecule has 1 N–H and O–H groups in total. The van der Waals surface area contributed by atoms with E-state index in [9.17, 15) is 0 Å². The van der Waals surface area contributed by atoms with Crippen molar-refractivity contribution < 1.29 is 9.26 Å². The maximum atomic E-state index is 5.92. The van der Waals surface area contributed by atoms with E-state index < -0.39 is 0 Å². The molecule has 1 heterocycles. The summed E-state index contributed by atoms with van der Waals surface area (Å²) in [7, 11) is 3.68. The van der Waals surface area contributed by atoms with Crippen LogP contribution in [0.5, 0.6) is 5.75 Å². The smallest absolute Gasteiger partial charge is 0.193 e. The molecule has 2 rings (SSSR count). The molecule has 0 aliphatic rings. The first-order valence-corrected chi connectivity index (χ1v) is 7.26. The summed E-state index contributed by atoms with van der Waals surface area (Å²) in [6, 6.07) is 9.15. The molecule has 0 fully saturated rings. The van der Waals surface area contributed by atoms with Gasteiger partial charge in [0.2, 0.25) is 0 Å². The molecule has 6 nitrogen and oxygen atoms in total. The lowest BCUT2D eigenvalue weighted by Gasteiger charge is -2.21. The number of guanidine groups is 1. The van der Waals surface area contributed by atoms with Crippen LogP contribution in [0.4, 0.5) is 0 Å².